The van der Waals surface area contributed by atoms with Crippen LogP contribution in [0.5, 0.6) is 5.75 Å². The summed E-state index contributed by atoms with van der Waals surface area (Å²) in [6, 6.07) is 4.73. The summed E-state index contributed by atoms with van der Waals surface area (Å²) < 4.78 is 12.5. The van der Waals surface area contributed by atoms with E-state index < -0.39 is 47.8 Å². The molecule has 1 aliphatic carbocycles. The Balaban J connectivity index is 1.49. The SMILES string of the molecule is OC[C@H]1O[C@@H](Oc2ccc(CC(O)(Cn3cncn3)C3(Cl)CC3)c(Cl)c2)[C@H](O)[C@@H](O)[C@@H]1O. The van der Waals surface area contributed by atoms with Crippen LogP contribution in [-0.2, 0) is 17.7 Å². The van der Waals surface area contributed by atoms with Crippen LogP contribution >= 0.6 is 23.2 Å². The third-order valence-corrected chi connectivity index (χ3v) is 7.10. The van der Waals surface area contributed by atoms with Gasteiger partial charge >= 0.3 is 0 Å². The number of aromatic nitrogens is 3. The molecule has 6 atom stereocenters. The van der Waals surface area contributed by atoms with Gasteiger partial charge in [0.15, 0.2) is 0 Å². The van der Waals surface area contributed by atoms with Gasteiger partial charge in [-0.3, -0.25) is 0 Å². The molecule has 0 radical (unpaired) electrons. The van der Waals surface area contributed by atoms with Gasteiger partial charge in [-0.15, -0.1) is 11.6 Å². The van der Waals surface area contributed by atoms with E-state index in [2.05, 4.69) is 10.1 Å². The van der Waals surface area contributed by atoms with Gasteiger partial charge in [-0.2, -0.15) is 5.10 Å². The first-order chi connectivity index (χ1) is 15.2. The number of halogens is 2. The lowest BCUT2D eigenvalue weighted by Crippen LogP contribution is -2.60. The number of benzene rings is 1. The van der Waals surface area contributed by atoms with Crippen LogP contribution in [0, 0.1) is 0 Å². The van der Waals surface area contributed by atoms with E-state index in [4.69, 9.17) is 32.7 Å². The average molecular weight is 490 g/mol. The molecule has 1 aromatic carbocycles. The Bertz CT molecular complexity index is 928. The molecular formula is C20H25Cl2N3O7. The van der Waals surface area contributed by atoms with E-state index in [1.165, 1.54) is 23.4 Å². The molecule has 32 heavy (non-hydrogen) atoms. The second kappa shape index (κ2) is 9.03. The highest BCUT2D eigenvalue weighted by Gasteiger charge is 2.58. The summed E-state index contributed by atoms with van der Waals surface area (Å²) >= 11 is 13.1. The molecule has 2 aromatic rings. The molecule has 176 valence electrons. The number of ether oxygens (including phenoxy) is 2. The van der Waals surface area contributed by atoms with Gasteiger partial charge in [-0.1, -0.05) is 17.7 Å². The van der Waals surface area contributed by atoms with Crippen LogP contribution in [0.3, 0.4) is 0 Å². The first kappa shape index (κ1) is 23.7. The fourth-order valence-corrected chi connectivity index (χ4v) is 4.33. The molecule has 2 aliphatic rings. The van der Waals surface area contributed by atoms with Crippen molar-refractivity contribution >= 4 is 23.2 Å². The van der Waals surface area contributed by atoms with Gasteiger partial charge in [0.25, 0.3) is 0 Å². The van der Waals surface area contributed by atoms with E-state index in [1.807, 2.05) is 0 Å². The molecule has 12 heteroatoms. The van der Waals surface area contributed by atoms with Crippen molar-refractivity contribution in [3.8, 4) is 5.75 Å². The molecule has 1 saturated heterocycles. The predicted octanol–water partition coefficient (Wildman–Crippen LogP) is -0.145. The molecule has 1 unspecified atom stereocenters. The fourth-order valence-electron chi connectivity index (χ4n) is 3.87. The minimum Gasteiger partial charge on any atom is -0.462 e. The molecule has 1 saturated carbocycles. The van der Waals surface area contributed by atoms with Crippen molar-refractivity contribution in [2.45, 2.75) is 67.0 Å². The largest absolute Gasteiger partial charge is 0.462 e. The summed E-state index contributed by atoms with van der Waals surface area (Å²) in [7, 11) is 0. The summed E-state index contributed by atoms with van der Waals surface area (Å²) in [5.41, 5.74) is -0.687. The molecule has 1 aliphatic heterocycles. The maximum Gasteiger partial charge on any atom is 0.229 e. The van der Waals surface area contributed by atoms with Crippen LogP contribution in [0.1, 0.15) is 18.4 Å². The Kier molecular flexibility index (Phi) is 6.68. The van der Waals surface area contributed by atoms with E-state index in [-0.39, 0.29) is 18.7 Å². The Labute approximate surface area is 193 Å². The Hall–Kier alpha value is -1.50. The molecule has 0 amide bonds. The van der Waals surface area contributed by atoms with E-state index in [1.54, 1.807) is 12.1 Å². The van der Waals surface area contributed by atoms with Gasteiger partial charge in [0.1, 0.15) is 48.4 Å². The Morgan fingerprint density at radius 1 is 1.22 bits per heavy atom. The van der Waals surface area contributed by atoms with Crippen molar-refractivity contribution in [3.05, 3.63) is 41.4 Å². The highest BCUT2D eigenvalue weighted by Crippen LogP contribution is 2.53. The minimum atomic E-state index is -1.55. The van der Waals surface area contributed by atoms with Crippen molar-refractivity contribution in [2.75, 3.05) is 6.61 Å². The summed E-state index contributed by atoms with van der Waals surface area (Å²) in [6.07, 6.45) is -2.60. The second-order valence-electron chi connectivity index (χ2n) is 8.34. The minimum absolute atomic E-state index is 0.149. The van der Waals surface area contributed by atoms with E-state index in [9.17, 15) is 25.5 Å². The zero-order valence-electron chi connectivity index (χ0n) is 17.0. The third-order valence-electron chi connectivity index (χ3n) is 6.02. The molecule has 1 aromatic heterocycles. The second-order valence-corrected chi connectivity index (χ2v) is 9.47. The molecule has 2 heterocycles. The third kappa shape index (κ3) is 4.59. The van der Waals surface area contributed by atoms with E-state index in [0.29, 0.717) is 23.4 Å². The van der Waals surface area contributed by atoms with Gasteiger partial charge in [-0.05, 0) is 30.5 Å². The zero-order valence-corrected chi connectivity index (χ0v) is 18.5. The maximum absolute atomic E-state index is 11.4. The van der Waals surface area contributed by atoms with Crippen molar-refractivity contribution in [1.29, 1.82) is 0 Å². The highest BCUT2D eigenvalue weighted by atomic mass is 35.5. The van der Waals surface area contributed by atoms with Crippen LogP contribution in [-0.4, -0.2) is 88.1 Å². The first-order valence-electron chi connectivity index (χ1n) is 10.2. The lowest BCUT2D eigenvalue weighted by atomic mass is 9.89. The number of hydrogen-bond donors (Lipinski definition) is 5. The molecule has 10 nitrogen and oxygen atoms in total. The van der Waals surface area contributed by atoms with Crippen LogP contribution in [0.4, 0.5) is 0 Å². The van der Waals surface area contributed by atoms with Gasteiger partial charge in [0.05, 0.1) is 18.0 Å². The van der Waals surface area contributed by atoms with E-state index >= 15 is 0 Å². The Morgan fingerprint density at radius 3 is 2.56 bits per heavy atom. The monoisotopic (exact) mass is 489 g/mol. The summed E-state index contributed by atoms with van der Waals surface area (Å²) in [5, 5.41) is 55.0. The van der Waals surface area contributed by atoms with Crippen LogP contribution in [0.15, 0.2) is 30.9 Å². The lowest BCUT2D eigenvalue weighted by molar-refractivity contribution is -0.277. The summed E-state index contributed by atoms with van der Waals surface area (Å²) in [5.74, 6) is 0.231. The molecule has 0 spiro atoms. The zero-order chi connectivity index (χ0) is 23.1. The number of rotatable bonds is 8. The predicted molar refractivity (Wildman–Crippen MR) is 112 cm³/mol. The van der Waals surface area contributed by atoms with Crippen LogP contribution < -0.4 is 4.74 Å². The van der Waals surface area contributed by atoms with Gasteiger partial charge in [-0.25, -0.2) is 9.67 Å². The summed E-state index contributed by atoms with van der Waals surface area (Å²) in [4.78, 5) is 3.12. The van der Waals surface area contributed by atoms with Crippen LogP contribution in [0.2, 0.25) is 5.02 Å². The molecular weight excluding hydrogens is 465 g/mol. The van der Waals surface area contributed by atoms with Crippen LogP contribution in [0.25, 0.3) is 0 Å². The number of alkyl halides is 1. The molecule has 0 bridgehead atoms. The molecule has 2 fully saturated rings. The molecule has 5 N–H and O–H groups in total. The standard InChI is InChI=1S/C20H25Cl2N3O7/c21-13-5-12(31-18-17(29)16(28)15(27)14(7-26)32-18)2-1-11(13)6-20(30,19(22)3-4-19)8-25-10-23-9-24-25/h1-2,5,9-10,14-18,26-30H,3-4,6-8H2/t14-,15-,16+,17-,18-,20?/m1/s1. The fraction of sp³-hybridized carbons (Fsp3) is 0.600. The maximum atomic E-state index is 11.4. The highest BCUT2D eigenvalue weighted by molar-refractivity contribution is 6.31. The molecule has 4 rings (SSSR count). The van der Waals surface area contributed by atoms with Crippen molar-refractivity contribution in [1.82, 2.24) is 14.8 Å². The number of aliphatic hydroxyl groups is 5. The quantitative estimate of drug-likeness (QED) is 0.319. The van der Waals surface area contributed by atoms with Crippen molar-refractivity contribution in [2.24, 2.45) is 0 Å². The number of nitrogens with zero attached hydrogens (tertiary/aromatic N) is 3. The van der Waals surface area contributed by atoms with Gasteiger partial charge in [0.2, 0.25) is 6.29 Å². The Morgan fingerprint density at radius 2 is 1.97 bits per heavy atom. The first-order valence-corrected chi connectivity index (χ1v) is 10.9. The van der Waals surface area contributed by atoms with Crippen molar-refractivity contribution < 1.29 is 35.0 Å². The van der Waals surface area contributed by atoms with E-state index in [0.717, 1.165) is 0 Å². The summed E-state index contributed by atoms with van der Waals surface area (Å²) in [6.45, 7) is -0.412. The number of aliphatic hydroxyl groups excluding tert-OH is 4. The van der Waals surface area contributed by atoms with Gasteiger partial charge < -0.3 is 35.0 Å². The average Bonchev–Trinajstić information content (AvgIpc) is 3.32. The smallest absolute Gasteiger partial charge is 0.229 e. The topological polar surface area (TPSA) is 150 Å². The number of hydrogen-bond acceptors (Lipinski definition) is 9. The lowest BCUT2D eigenvalue weighted by Gasteiger charge is -2.39. The van der Waals surface area contributed by atoms with Crippen molar-refractivity contribution in [3.63, 3.8) is 0 Å². The normalized spacial score (nSPS) is 31.2. The van der Waals surface area contributed by atoms with Gasteiger partial charge in [0, 0.05) is 11.4 Å².